The van der Waals surface area contributed by atoms with E-state index in [2.05, 4.69) is 4.98 Å². The van der Waals surface area contributed by atoms with Crippen molar-refractivity contribution in [1.29, 1.82) is 0 Å². The molecule has 8 heteroatoms. The first-order valence-electron chi connectivity index (χ1n) is 11.2. The van der Waals surface area contributed by atoms with Crippen molar-refractivity contribution >= 4 is 32.8 Å². The van der Waals surface area contributed by atoms with Crippen LogP contribution in [0.3, 0.4) is 0 Å². The lowest BCUT2D eigenvalue weighted by Crippen LogP contribution is -2.28. The summed E-state index contributed by atoms with van der Waals surface area (Å²) in [4.78, 5) is 5.30. The molecule has 0 bridgehead atoms. The summed E-state index contributed by atoms with van der Waals surface area (Å²) in [5.41, 5.74) is 1.26. The van der Waals surface area contributed by atoms with Gasteiger partial charge in [-0.3, -0.25) is 0 Å². The Labute approximate surface area is 202 Å². The average molecular weight is 497 g/mol. The van der Waals surface area contributed by atoms with Crippen LogP contribution < -0.4 is 0 Å². The Kier molecular flexibility index (Phi) is 6.22. The lowest BCUT2D eigenvalue weighted by molar-refractivity contribution is 0.0835. The van der Waals surface area contributed by atoms with Gasteiger partial charge in [-0.1, -0.05) is 36.8 Å². The van der Waals surface area contributed by atoms with Crippen molar-refractivity contribution in [2.75, 3.05) is 6.26 Å². The van der Waals surface area contributed by atoms with E-state index < -0.39 is 21.9 Å². The third kappa shape index (κ3) is 4.04. The topological polar surface area (TPSA) is 72.2 Å². The maximum atomic E-state index is 14.0. The predicted molar refractivity (Wildman–Crippen MR) is 132 cm³/mol. The molecular weight excluding hydrogens is 471 g/mol. The Hall–Kier alpha value is -2.68. The third-order valence-corrected chi connectivity index (χ3v) is 9.15. The zero-order valence-corrected chi connectivity index (χ0v) is 20.3. The maximum Gasteiger partial charge on any atom is 0.269 e. The number of hydrogen-bond acceptors (Lipinski definition) is 5. The molecule has 34 heavy (non-hydrogen) atoms. The summed E-state index contributed by atoms with van der Waals surface area (Å²) >= 11 is 1.64. The van der Waals surface area contributed by atoms with Crippen molar-refractivity contribution in [1.82, 2.24) is 8.96 Å². The average Bonchev–Trinajstić information content (AvgIpc) is 3.21. The number of aliphatic hydroxyl groups is 1. The van der Waals surface area contributed by atoms with Gasteiger partial charge in [0.25, 0.3) is 10.0 Å². The zero-order valence-electron chi connectivity index (χ0n) is 18.6. The molecule has 0 saturated heterocycles. The Bertz CT molecular complexity index is 1420. The summed E-state index contributed by atoms with van der Waals surface area (Å²) in [6.45, 7) is 0. The first-order valence-corrected chi connectivity index (χ1v) is 13.9. The highest BCUT2D eigenvalue weighted by molar-refractivity contribution is 7.98. The van der Waals surface area contributed by atoms with Gasteiger partial charge in [-0.25, -0.2) is 21.8 Å². The highest BCUT2D eigenvalue weighted by Gasteiger charge is 2.38. The number of aliphatic hydroxyl groups excluding tert-OH is 1. The fourth-order valence-corrected chi connectivity index (χ4v) is 6.68. The minimum atomic E-state index is -4.08. The normalized spacial score (nSPS) is 16.3. The molecule has 1 saturated carbocycles. The Morgan fingerprint density at radius 1 is 1.09 bits per heavy atom. The molecular formula is C26H25FN2O3S2. The van der Waals surface area contributed by atoms with Crippen LogP contribution in [0.2, 0.25) is 0 Å². The van der Waals surface area contributed by atoms with E-state index in [1.165, 1.54) is 18.2 Å². The number of pyridine rings is 1. The fourth-order valence-electron chi connectivity index (χ4n) is 4.74. The lowest BCUT2D eigenvalue weighted by Gasteiger charge is -2.37. The molecule has 5 nitrogen and oxygen atoms in total. The van der Waals surface area contributed by atoms with Crippen LogP contribution in [-0.2, 0) is 10.0 Å². The monoisotopic (exact) mass is 496 g/mol. The van der Waals surface area contributed by atoms with Crippen molar-refractivity contribution in [2.24, 2.45) is 5.92 Å². The number of fused-ring (bicyclic) bond motifs is 1. The number of nitrogens with zero attached hydrogens (tertiary/aromatic N) is 2. The molecule has 2 aromatic carbocycles. The number of hydrogen-bond donors (Lipinski definition) is 1. The van der Waals surface area contributed by atoms with E-state index in [0.29, 0.717) is 5.39 Å². The third-order valence-electron chi connectivity index (χ3n) is 6.68. The van der Waals surface area contributed by atoms with Crippen LogP contribution in [0.15, 0.2) is 82.7 Å². The standard InChI is InChI=1S/C26H25FN2O3S2/c1-33-21-12-10-18(11-13-21)24(17-6-5-7-17)25(30)23-15-19-14-20(27)16-28-26(19)29(23)34(31,32)22-8-3-2-4-9-22/h2-4,8-17,24-25,30H,5-7H2,1H3. The second-order valence-corrected chi connectivity index (χ2v) is 11.3. The van der Waals surface area contributed by atoms with Crippen LogP contribution in [-0.4, -0.2) is 28.7 Å². The molecule has 0 aliphatic heterocycles. The summed E-state index contributed by atoms with van der Waals surface area (Å²) in [7, 11) is -4.08. The van der Waals surface area contributed by atoms with Crippen LogP contribution in [0.25, 0.3) is 11.0 Å². The van der Waals surface area contributed by atoms with E-state index in [4.69, 9.17) is 0 Å². The minimum absolute atomic E-state index is 0.0802. The molecule has 2 heterocycles. The van der Waals surface area contributed by atoms with Gasteiger partial charge in [0.05, 0.1) is 16.8 Å². The molecule has 2 atom stereocenters. The van der Waals surface area contributed by atoms with Gasteiger partial charge in [-0.15, -0.1) is 11.8 Å². The molecule has 1 aliphatic carbocycles. The summed E-state index contributed by atoms with van der Waals surface area (Å²) in [6, 6.07) is 18.9. The molecule has 1 N–H and O–H groups in total. The van der Waals surface area contributed by atoms with E-state index in [1.54, 1.807) is 36.0 Å². The van der Waals surface area contributed by atoms with Gasteiger partial charge in [0.2, 0.25) is 0 Å². The Balaban J connectivity index is 1.69. The quantitative estimate of drug-likeness (QED) is 0.330. The van der Waals surface area contributed by atoms with Gasteiger partial charge >= 0.3 is 0 Å². The fraction of sp³-hybridized carbons (Fsp3) is 0.269. The van der Waals surface area contributed by atoms with Crippen LogP contribution in [0, 0.1) is 11.7 Å². The molecule has 2 aromatic heterocycles. The van der Waals surface area contributed by atoms with E-state index in [9.17, 15) is 17.9 Å². The van der Waals surface area contributed by atoms with Gasteiger partial charge in [0, 0.05) is 16.2 Å². The second-order valence-electron chi connectivity index (χ2n) is 8.65. The van der Waals surface area contributed by atoms with Gasteiger partial charge in [-0.2, -0.15) is 0 Å². The smallest absolute Gasteiger partial charge is 0.269 e. The first-order chi connectivity index (χ1) is 16.4. The first kappa shape index (κ1) is 23.1. The molecule has 1 aliphatic rings. The van der Waals surface area contributed by atoms with Gasteiger partial charge in [-0.05, 0) is 67.0 Å². The number of rotatable bonds is 7. The van der Waals surface area contributed by atoms with E-state index in [-0.39, 0.29) is 28.1 Å². The predicted octanol–water partition coefficient (Wildman–Crippen LogP) is 5.75. The molecule has 2 unspecified atom stereocenters. The summed E-state index contributed by atoms with van der Waals surface area (Å²) in [5.74, 6) is -0.625. The maximum absolute atomic E-state index is 14.0. The number of benzene rings is 2. The van der Waals surface area contributed by atoms with Crippen LogP contribution in [0.4, 0.5) is 4.39 Å². The SMILES string of the molecule is CSc1ccc(C(C2CCC2)C(O)c2cc3cc(F)cnc3n2S(=O)(=O)c2ccccc2)cc1. The Morgan fingerprint density at radius 2 is 1.79 bits per heavy atom. The molecule has 176 valence electrons. The van der Waals surface area contributed by atoms with Gasteiger partial charge < -0.3 is 5.11 Å². The highest BCUT2D eigenvalue weighted by atomic mass is 32.2. The lowest BCUT2D eigenvalue weighted by atomic mass is 9.70. The summed E-state index contributed by atoms with van der Waals surface area (Å²) in [6.07, 6.45) is 4.90. The largest absolute Gasteiger partial charge is 0.386 e. The van der Waals surface area contributed by atoms with Gasteiger partial charge in [0.1, 0.15) is 11.9 Å². The summed E-state index contributed by atoms with van der Waals surface area (Å²) < 4.78 is 42.5. The number of aromatic nitrogens is 2. The second kappa shape index (κ2) is 9.17. The molecule has 0 spiro atoms. The summed E-state index contributed by atoms with van der Waals surface area (Å²) in [5, 5.41) is 12.1. The van der Waals surface area contributed by atoms with Crippen molar-refractivity contribution in [3.05, 3.63) is 90.0 Å². The Morgan fingerprint density at radius 3 is 2.41 bits per heavy atom. The van der Waals surface area contributed by atoms with E-state index in [1.807, 2.05) is 30.5 Å². The minimum Gasteiger partial charge on any atom is -0.386 e. The van der Waals surface area contributed by atoms with Crippen molar-refractivity contribution < 1.29 is 17.9 Å². The van der Waals surface area contributed by atoms with E-state index >= 15 is 0 Å². The molecule has 5 rings (SSSR count). The number of thioether (sulfide) groups is 1. The molecule has 4 aromatic rings. The van der Waals surface area contributed by atoms with Crippen LogP contribution in [0.5, 0.6) is 0 Å². The van der Waals surface area contributed by atoms with Crippen molar-refractivity contribution in [2.45, 2.75) is 41.1 Å². The van der Waals surface area contributed by atoms with Crippen LogP contribution >= 0.6 is 11.8 Å². The van der Waals surface area contributed by atoms with E-state index in [0.717, 1.165) is 39.9 Å². The molecule has 0 radical (unpaired) electrons. The number of halogens is 1. The van der Waals surface area contributed by atoms with Crippen molar-refractivity contribution in [3.8, 4) is 0 Å². The van der Waals surface area contributed by atoms with Crippen molar-refractivity contribution in [3.63, 3.8) is 0 Å². The molecule has 0 amide bonds. The van der Waals surface area contributed by atoms with Gasteiger partial charge in [0.15, 0.2) is 5.65 Å². The zero-order chi connectivity index (χ0) is 23.9. The van der Waals surface area contributed by atoms with Crippen LogP contribution in [0.1, 0.15) is 42.5 Å². The molecule has 1 fully saturated rings. The highest BCUT2D eigenvalue weighted by Crippen LogP contribution is 2.47.